The molecule has 74 valence electrons. The third-order valence-electron chi connectivity index (χ3n) is 3.08. The first kappa shape index (κ1) is 8.93. The first-order chi connectivity index (χ1) is 6.50. The number of allylic oxidation sites excluding steroid dienone is 1. The molecule has 3 N–H and O–H groups in total. The molecule has 0 saturated heterocycles. The van der Waals surface area contributed by atoms with Crippen molar-refractivity contribution in [2.24, 2.45) is 23.0 Å². The van der Waals surface area contributed by atoms with Gasteiger partial charge < -0.3 is 10.8 Å². The van der Waals surface area contributed by atoms with E-state index in [0.717, 1.165) is 0 Å². The molecule has 14 heavy (non-hydrogen) atoms. The van der Waals surface area contributed by atoms with Crippen LogP contribution in [0.2, 0.25) is 0 Å². The highest BCUT2D eigenvalue weighted by atomic mass is 16.4. The Morgan fingerprint density at radius 3 is 2.57 bits per heavy atom. The lowest BCUT2D eigenvalue weighted by atomic mass is 9.77. The summed E-state index contributed by atoms with van der Waals surface area (Å²) in [6, 6.07) is 0. The number of carboxylic acids is 1. The van der Waals surface area contributed by atoms with Gasteiger partial charge in [0.05, 0.1) is 5.92 Å². The summed E-state index contributed by atoms with van der Waals surface area (Å²) in [7, 11) is 0. The number of carbonyl (C=O) groups excluding carboxylic acids is 2. The molecule has 3 atom stereocenters. The van der Waals surface area contributed by atoms with E-state index in [2.05, 4.69) is 0 Å². The van der Waals surface area contributed by atoms with Gasteiger partial charge in [-0.2, -0.15) is 0 Å². The van der Waals surface area contributed by atoms with Crippen molar-refractivity contribution in [3.8, 4) is 0 Å². The van der Waals surface area contributed by atoms with Gasteiger partial charge >= 0.3 is 5.97 Å². The third-order valence-corrected chi connectivity index (χ3v) is 3.08. The fraction of sp³-hybridized carbons (Fsp3) is 0.444. The highest BCUT2D eigenvalue weighted by molar-refractivity contribution is 6.15. The molecule has 5 heteroatoms. The topological polar surface area (TPSA) is 97.5 Å². The fourth-order valence-corrected chi connectivity index (χ4v) is 2.33. The lowest BCUT2D eigenvalue weighted by Gasteiger charge is -2.23. The highest BCUT2D eigenvalue weighted by Crippen LogP contribution is 2.50. The van der Waals surface area contributed by atoms with Crippen molar-refractivity contribution in [1.29, 1.82) is 0 Å². The van der Waals surface area contributed by atoms with E-state index < -0.39 is 29.1 Å². The quantitative estimate of drug-likeness (QED) is 0.450. The number of aliphatic carboxylic acids is 1. The van der Waals surface area contributed by atoms with Gasteiger partial charge in [0.25, 0.3) is 0 Å². The summed E-state index contributed by atoms with van der Waals surface area (Å²) >= 11 is 0. The molecule has 0 aromatic heterocycles. The number of hydrogen-bond donors (Lipinski definition) is 2. The number of fused-ring (bicyclic) bond motifs is 2. The number of Topliss-reactive ketones (excluding diaryl/α,β-unsaturated/α-hetero) is 1. The molecular weight excluding hydrogens is 186 g/mol. The fourth-order valence-electron chi connectivity index (χ4n) is 2.33. The van der Waals surface area contributed by atoms with Crippen LogP contribution in [0.15, 0.2) is 12.2 Å². The Morgan fingerprint density at radius 2 is 2.21 bits per heavy atom. The molecule has 1 saturated carbocycles. The van der Waals surface area contributed by atoms with Crippen LogP contribution in [0.25, 0.3) is 0 Å². The number of primary amides is 1. The Bertz CT molecular complexity index is 373. The Kier molecular flexibility index (Phi) is 1.55. The monoisotopic (exact) mass is 195 g/mol. The van der Waals surface area contributed by atoms with Gasteiger partial charge in [0.2, 0.25) is 5.91 Å². The molecule has 0 aliphatic heterocycles. The summed E-state index contributed by atoms with van der Waals surface area (Å²) < 4.78 is 0. The van der Waals surface area contributed by atoms with Gasteiger partial charge in [-0.3, -0.25) is 14.4 Å². The average molecular weight is 195 g/mol. The van der Waals surface area contributed by atoms with E-state index in [1.54, 1.807) is 6.08 Å². The van der Waals surface area contributed by atoms with Crippen LogP contribution >= 0.6 is 0 Å². The average Bonchev–Trinajstić information content (AvgIpc) is 2.58. The Hall–Kier alpha value is -1.65. The van der Waals surface area contributed by atoms with Crippen LogP contribution < -0.4 is 5.73 Å². The molecule has 2 aliphatic carbocycles. The van der Waals surface area contributed by atoms with Crippen LogP contribution in [-0.2, 0) is 14.4 Å². The van der Waals surface area contributed by atoms with Crippen molar-refractivity contribution in [1.82, 2.24) is 0 Å². The van der Waals surface area contributed by atoms with Crippen molar-refractivity contribution in [3.05, 3.63) is 12.2 Å². The summed E-state index contributed by atoms with van der Waals surface area (Å²) in [6.45, 7) is 0. The predicted molar refractivity (Wildman–Crippen MR) is 45.0 cm³/mol. The van der Waals surface area contributed by atoms with Crippen LogP contribution in [0.5, 0.6) is 0 Å². The van der Waals surface area contributed by atoms with Crippen LogP contribution in [0.3, 0.4) is 0 Å². The second kappa shape index (κ2) is 2.43. The van der Waals surface area contributed by atoms with E-state index in [1.807, 2.05) is 0 Å². The van der Waals surface area contributed by atoms with Gasteiger partial charge in [0.1, 0.15) is 5.41 Å². The maximum Gasteiger partial charge on any atom is 0.308 e. The highest BCUT2D eigenvalue weighted by Gasteiger charge is 2.62. The molecule has 5 nitrogen and oxygen atoms in total. The largest absolute Gasteiger partial charge is 0.481 e. The first-order valence-electron chi connectivity index (χ1n) is 4.26. The number of carboxylic acid groups (broad SMARTS) is 1. The lowest BCUT2D eigenvalue weighted by Crippen LogP contribution is -2.45. The number of nitrogens with two attached hydrogens (primary N) is 1. The molecule has 3 unspecified atom stereocenters. The second-order valence-corrected chi connectivity index (χ2v) is 3.69. The van der Waals surface area contributed by atoms with Crippen LogP contribution in [0, 0.1) is 17.3 Å². The van der Waals surface area contributed by atoms with E-state index in [9.17, 15) is 14.4 Å². The van der Waals surface area contributed by atoms with Gasteiger partial charge in [0.15, 0.2) is 5.78 Å². The smallest absolute Gasteiger partial charge is 0.308 e. The number of amides is 1. The van der Waals surface area contributed by atoms with Crippen LogP contribution in [-0.4, -0.2) is 22.8 Å². The Morgan fingerprint density at radius 1 is 1.57 bits per heavy atom. The summed E-state index contributed by atoms with van der Waals surface area (Å²) in [5, 5.41) is 8.87. The summed E-state index contributed by atoms with van der Waals surface area (Å²) in [6.07, 6.45) is 3.12. The van der Waals surface area contributed by atoms with Crippen LogP contribution in [0.1, 0.15) is 6.42 Å². The first-order valence-corrected chi connectivity index (χ1v) is 4.26. The number of carbonyl (C=O) groups is 3. The normalized spacial score (nSPS) is 39.0. The minimum absolute atomic E-state index is 0.188. The van der Waals surface area contributed by atoms with Crippen molar-refractivity contribution >= 4 is 17.7 Å². The van der Waals surface area contributed by atoms with Gasteiger partial charge in [-0.1, -0.05) is 12.2 Å². The standard InChI is InChI=1S/C9H9NO4/c10-8(14)9-2-1-4(6(9)11)3-5(9)7(12)13/h1-2,4-5H,3H2,(H2,10,14)(H,12,13). The molecule has 0 heterocycles. The Balaban J connectivity index is 2.52. The van der Waals surface area contributed by atoms with Gasteiger partial charge in [-0.25, -0.2) is 0 Å². The van der Waals surface area contributed by atoms with Crippen molar-refractivity contribution in [2.75, 3.05) is 0 Å². The van der Waals surface area contributed by atoms with Crippen molar-refractivity contribution in [3.63, 3.8) is 0 Å². The Labute approximate surface area is 79.6 Å². The molecule has 1 amide bonds. The van der Waals surface area contributed by atoms with Gasteiger partial charge in [0, 0.05) is 5.92 Å². The lowest BCUT2D eigenvalue weighted by molar-refractivity contribution is -0.151. The van der Waals surface area contributed by atoms with Crippen molar-refractivity contribution < 1.29 is 19.5 Å². The van der Waals surface area contributed by atoms with E-state index in [0.29, 0.717) is 0 Å². The molecule has 2 bridgehead atoms. The number of ketones is 1. The molecule has 2 aliphatic rings. The number of rotatable bonds is 2. The maximum absolute atomic E-state index is 11.6. The third kappa shape index (κ3) is 0.767. The van der Waals surface area contributed by atoms with E-state index >= 15 is 0 Å². The molecular formula is C9H9NO4. The molecule has 0 aromatic rings. The molecule has 0 aromatic carbocycles. The zero-order valence-electron chi connectivity index (χ0n) is 7.27. The minimum Gasteiger partial charge on any atom is -0.481 e. The van der Waals surface area contributed by atoms with Gasteiger partial charge in [-0.15, -0.1) is 0 Å². The van der Waals surface area contributed by atoms with E-state index in [-0.39, 0.29) is 12.2 Å². The number of hydrogen-bond acceptors (Lipinski definition) is 3. The predicted octanol–water partition coefficient (Wildman–Crippen LogP) is -0.682. The molecule has 0 radical (unpaired) electrons. The second-order valence-electron chi connectivity index (χ2n) is 3.69. The SMILES string of the molecule is NC(=O)C12C=CC(CC1C(=O)O)C2=O. The molecule has 1 fully saturated rings. The van der Waals surface area contributed by atoms with Gasteiger partial charge in [-0.05, 0) is 6.42 Å². The van der Waals surface area contributed by atoms with Crippen molar-refractivity contribution in [2.45, 2.75) is 6.42 Å². The van der Waals surface area contributed by atoms with E-state index in [4.69, 9.17) is 10.8 Å². The minimum atomic E-state index is -1.57. The summed E-state index contributed by atoms with van der Waals surface area (Å²) in [5.74, 6) is -3.78. The molecule has 2 rings (SSSR count). The summed E-state index contributed by atoms with van der Waals surface area (Å²) in [5.41, 5.74) is 3.54. The maximum atomic E-state index is 11.6. The zero-order chi connectivity index (χ0) is 10.5. The summed E-state index contributed by atoms with van der Waals surface area (Å²) in [4.78, 5) is 33.7. The molecule has 0 spiro atoms. The van der Waals surface area contributed by atoms with E-state index in [1.165, 1.54) is 6.08 Å². The zero-order valence-corrected chi connectivity index (χ0v) is 7.27. The van der Waals surface area contributed by atoms with Crippen LogP contribution in [0.4, 0.5) is 0 Å².